The molecule has 1 aromatic rings. The molecule has 0 amide bonds. The van der Waals surface area contributed by atoms with Crippen LogP contribution in [0.3, 0.4) is 0 Å². The zero-order valence-corrected chi connectivity index (χ0v) is 54.4. The highest BCUT2D eigenvalue weighted by Crippen LogP contribution is 2.51. The smallest absolute Gasteiger partial charge is 0.303 e. The van der Waals surface area contributed by atoms with Crippen LogP contribution in [0.1, 0.15) is 97.0 Å². The van der Waals surface area contributed by atoms with E-state index in [1.807, 2.05) is 56.0 Å². The topological polar surface area (TPSA) is 276 Å². The number of carbonyl (C=O) groups is 1. The Morgan fingerprint density at radius 2 is 1.09 bits per heavy atom. The van der Waals surface area contributed by atoms with Crippen molar-refractivity contribution in [2.75, 3.05) is 190 Å². The van der Waals surface area contributed by atoms with Gasteiger partial charge in [-0.05, 0) is 91.6 Å². The van der Waals surface area contributed by atoms with Gasteiger partial charge in [-0.15, -0.1) is 0 Å². The van der Waals surface area contributed by atoms with Gasteiger partial charge in [0.05, 0.1) is 149 Å². The van der Waals surface area contributed by atoms with E-state index in [-0.39, 0.29) is 29.6 Å². The third kappa shape index (κ3) is 30.9. The standard InChI is InChI=1S/C60H94N2O21S2.C2H6/c1-59(2,3)53-47-50(12-10-13-57-60(4,19-11-45-84(65,66)67)54-48-51(85(68,69)70)16-18-55(54)62(57)20-9-7-8-14-58(63)64)83-56-46-49(15-17-52(53)56)61(21-23-73-29-31-77-37-39-81-43-41-79-35-33-75-27-25-71-5)22-24-74-30-32-78-38-40-82-44-42-80-36-34-76-28-26-72-6;1-2/h10,12-13,15-18,46-48H,7-9,11,14,19-45H2,1-6H3,(H2-,63,64,65,66,67,68,69,70);1-2H3/p+1. The van der Waals surface area contributed by atoms with Gasteiger partial charge in [0, 0.05) is 55.6 Å². The Balaban J connectivity index is 0.00000979. The first kappa shape index (κ1) is 77.0. The minimum absolute atomic E-state index is 0.0147. The number of fused-ring (bicyclic) bond motifs is 2. The highest BCUT2D eigenvalue weighted by Gasteiger charge is 2.44. The Morgan fingerprint density at radius 3 is 1.53 bits per heavy atom. The van der Waals surface area contributed by atoms with E-state index in [1.54, 1.807) is 20.3 Å². The average molecular weight is 1270 g/mol. The summed E-state index contributed by atoms with van der Waals surface area (Å²) in [4.78, 5) is 13.0. The van der Waals surface area contributed by atoms with Crippen molar-refractivity contribution >= 4 is 38.0 Å². The van der Waals surface area contributed by atoms with Gasteiger partial charge in [0.15, 0.2) is 13.1 Å². The van der Waals surface area contributed by atoms with Crippen molar-refractivity contribution in [3.8, 4) is 11.3 Å². The number of methoxy groups -OCH3 is 2. The fourth-order valence-corrected chi connectivity index (χ4v) is 10.3. The summed E-state index contributed by atoms with van der Waals surface area (Å²) in [5.74, 6) is -0.236. The summed E-state index contributed by atoms with van der Waals surface area (Å²) >= 11 is 0. The summed E-state index contributed by atoms with van der Waals surface area (Å²) in [5.41, 5.74) is 2.57. The van der Waals surface area contributed by atoms with Gasteiger partial charge in [0.25, 0.3) is 20.2 Å². The quantitative estimate of drug-likeness (QED) is 0.0287. The molecule has 25 heteroatoms. The van der Waals surface area contributed by atoms with Crippen LogP contribution in [-0.2, 0) is 92.7 Å². The summed E-state index contributed by atoms with van der Waals surface area (Å²) in [6.45, 7) is 23.7. The maximum atomic E-state index is 12.5. The van der Waals surface area contributed by atoms with Gasteiger partial charge < -0.3 is 71.3 Å². The first-order chi connectivity index (χ1) is 41.8. The molecule has 1 atom stereocenters. The van der Waals surface area contributed by atoms with E-state index in [0.717, 1.165) is 16.5 Å². The van der Waals surface area contributed by atoms with Crippen LogP contribution in [0.25, 0.3) is 17.4 Å². The highest BCUT2D eigenvalue weighted by atomic mass is 32.2. The Hall–Kier alpha value is -4.26. The van der Waals surface area contributed by atoms with Crippen molar-refractivity contribution in [3.63, 3.8) is 0 Å². The van der Waals surface area contributed by atoms with E-state index in [9.17, 15) is 35.8 Å². The lowest BCUT2D eigenvalue weighted by Crippen LogP contribution is -2.36. The van der Waals surface area contributed by atoms with Crippen LogP contribution in [0.4, 0.5) is 5.69 Å². The lowest BCUT2D eigenvalue weighted by molar-refractivity contribution is -0.137. The second kappa shape index (κ2) is 43.5. The second-order valence-corrected chi connectivity index (χ2v) is 24.2. The van der Waals surface area contributed by atoms with E-state index in [1.165, 1.54) is 12.1 Å². The fraction of sp³-hybridized carbons (Fsp3) is 0.677. The van der Waals surface area contributed by atoms with E-state index >= 15 is 0 Å². The van der Waals surface area contributed by atoms with Crippen molar-refractivity contribution in [3.05, 3.63) is 82.6 Å². The zero-order valence-electron chi connectivity index (χ0n) is 52.8. The van der Waals surface area contributed by atoms with E-state index < -0.39 is 37.4 Å². The van der Waals surface area contributed by atoms with Crippen molar-refractivity contribution in [1.29, 1.82) is 0 Å². The molecule has 496 valence electrons. The van der Waals surface area contributed by atoms with Crippen LogP contribution in [0.5, 0.6) is 0 Å². The molecule has 3 aliphatic rings. The van der Waals surface area contributed by atoms with Gasteiger partial charge in [-0.25, -0.2) is 4.58 Å². The van der Waals surface area contributed by atoms with Crippen molar-refractivity contribution < 1.29 is 97.1 Å². The molecule has 1 aliphatic carbocycles. The number of hydrogen-bond acceptors (Lipinski definition) is 19. The largest absolute Gasteiger partial charge is 0.481 e. The molecule has 2 heterocycles. The lowest BCUT2D eigenvalue weighted by atomic mass is 9.77. The third-order valence-electron chi connectivity index (χ3n) is 13.7. The second-order valence-electron chi connectivity index (χ2n) is 21.2. The molecule has 1 aromatic carbocycles. The van der Waals surface area contributed by atoms with E-state index in [0.29, 0.717) is 213 Å². The summed E-state index contributed by atoms with van der Waals surface area (Å²) < 4.78 is 144. The number of carboxylic acids is 1. The van der Waals surface area contributed by atoms with Crippen LogP contribution in [0, 0.1) is 0 Å². The molecule has 0 spiro atoms. The molecule has 23 nitrogen and oxygen atoms in total. The molecule has 0 saturated carbocycles. The molecule has 0 fully saturated rings. The van der Waals surface area contributed by atoms with Crippen LogP contribution < -0.4 is 14.8 Å². The molecule has 2 aliphatic heterocycles. The van der Waals surface area contributed by atoms with Gasteiger partial charge in [-0.1, -0.05) is 47.1 Å². The minimum atomic E-state index is -4.62. The molecule has 4 rings (SSSR count). The first-order valence-corrected chi connectivity index (χ1v) is 33.2. The predicted octanol–water partition coefficient (Wildman–Crippen LogP) is 7.17. The average Bonchev–Trinajstić information content (AvgIpc) is 1.63. The van der Waals surface area contributed by atoms with Crippen LogP contribution in [-0.4, -0.2) is 222 Å². The van der Waals surface area contributed by atoms with Crippen LogP contribution in [0.2, 0.25) is 0 Å². The number of nitrogens with zero attached hydrogens (tertiary/aromatic N) is 2. The van der Waals surface area contributed by atoms with Crippen molar-refractivity contribution in [1.82, 2.24) is 4.58 Å². The van der Waals surface area contributed by atoms with Crippen molar-refractivity contribution in [2.24, 2.45) is 0 Å². The molecule has 0 saturated heterocycles. The molecule has 1 unspecified atom stereocenters. The van der Waals surface area contributed by atoms with E-state index in [4.69, 9.17) is 61.3 Å². The summed E-state index contributed by atoms with van der Waals surface area (Å²) in [6, 6.07) is 12.5. The molecule has 0 bridgehead atoms. The van der Waals surface area contributed by atoms with E-state index in [2.05, 4.69) is 37.5 Å². The fourth-order valence-electron chi connectivity index (χ4n) is 9.32. The lowest BCUT2D eigenvalue weighted by Gasteiger charge is -2.30. The number of benzene rings is 2. The maximum Gasteiger partial charge on any atom is 0.303 e. The Labute approximate surface area is 517 Å². The number of aliphatic carboxylic acids is 1. The molecule has 3 N–H and O–H groups in total. The molecular weight excluding hydrogens is 1170 g/mol. The molecular formula is C62H101N2O21S2+. The SMILES string of the molecule is CC.COCCOCCOCCOCCOCCOCC[N+](CCOCCOCCOCCOCCOCCOC)=c1ccc2c(C(C)(C)C)cc(/C=C/C=C3/N(CCCCCC(=O)O)c4ccc(S(=O)(=O)O)cc4C3(C)CCCS(=O)(=O)O)oc-2c1. The van der Waals surface area contributed by atoms with Crippen LogP contribution >= 0.6 is 0 Å². The third-order valence-corrected chi connectivity index (χ3v) is 15.3. The number of anilines is 1. The number of rotatable bonds is 49. The number of carboxylic acid groups (broad SMARTS) is 1. The monoisotopic (exact) mass is 1270 g/mol. The van der Waals surface area contributed by atoms with Crippen LogP contribution in [0.15, 0.2) is 69.6 Å². The normalized spacial score (nSPS) is 15.0. The first-order valence-electron chi connectivity index (χ1n) is 30.2. The highest BCUT2D eigenvalue weighted by molar-refractivity contribution is 7.86. The molecule has 0 radical (unpaired) electrons. The molecule has 87 heavy (non-hydrogen) atoms. The van der Waals surface area contributed by atoms with Gasteiger partial charge in [0.2, 0.25) is 5.36 Å². The van der Waals surface area contributed by atoms with Gasteiger partial charge in [-0.3, -0.25) is 13.9 Å². The summed E-state index contributed by atoms with van der Waals surface area (Å²) in [6.07, 6.45) is 7.45. The number of allylic oxidation sites excluding steroid dienone is 3. The summed E-state index contributed by atoms with van der Waals surface area (Å²) in [7, 11) is -5.68. The number of ether oxygens (including phenoxy) is 12. The minimum Gasteiger partial charge on any atom is -0.481 e. The maximum absolute atomic E-state index is 12.5. The zero-order chi connectivity index (χ0) is 63.8. The number of unbranched alkanes of at least 4 members (excludes halogenated alkanes) is 2. The Kier molecular flexibility index (Phi) is 38.4. The van der Waals surface area contributed by atoms with Crippen molar-refractivity contribution in [2.45, 2.75) is 95.8 Å². The van der Waals surface area contributed by atoms with Gasteiger partial charge >= 0.3 is 5.97 Å². The molecule has 0 aromatic heterocycles. The van der Waals surface area contributed by atoms with Gasteiger partial charge in [-0.2, -0.15) is 16.8 Å². The predicted molar refractivity (Wildman–Crippen MR) is 332 cm³/mol. The van der Waals surface area contributed by atoms with Gasteiger partial charge in [0.1, 0.15) is 24.7 Å². The number of hydrogen-bond donors (Lipinski definition) is 3. The Morgan fingerprint density at radius 1 is 0.621 bits per heavy atom. The summed E-state index contributed by atoms with van der Waals surface area (Å²) in [5, 5.41) is 10.1. The Bertz CT molecular complexity index is 2670.